The van der Waals surface area contributed by atoms with Crippen molar-refractivity contribution in [3.63, 3.8) is 0 Å². The maximum atomic E-state index is 12.2. The van der Waals surface area contributed by atoms with Crippen molar-refractivity contribution in [3.05, 3.63) is 29.1 Å². The number of thiazole rings is 1. The first-order valence-electron chi connectivity index (χ1n) is 7.97. The van der Waals surface area contributed by atoms with Crippen LogP contribution in [0.2, 0.25) is 0 Å². The summed E-state index contributed by atoms with van der Waals surface area (Å²) in [6.07, 6.45) is 3.52. The fraction of sp³-hybridized carbons (Fsp3) is 0.412. The van der Waals surface area contributed by atoms with E-state index < -0.39 is 0 Å². The molecule has 2 aromatic rings. The van der Waals surface area contributed by atoms with Crippen LogP contribution in [0.4, 0.5) is 5.13 Å². The lowest BCUT2D eigenvalue weighted by atomic mass is 10.1. The Morgan fingerprint density at radius 3 is 3.04 bits per heavy atom. The number of nitrogens with zero attached hydrogens (tertiary/aromatic N) is 1. The summed E-state index contributed by atoms with van der Waals surface area (Å²) in [5, 5.41) is 5.57. The number of nitrogens with one attached hydrogen (secondary N) is 1. The van der Waals surface area contributed by atoms with Gasteiger partial charge in [0, 0.05) is 29.3 Å². The molecule has 5 nitrogen and oxygen atoms in total. The molecule has 2 unspecified atom stereocenters. The third-order valence-electron chi connectivity index (χ3n) is 4.56. The Kier molecular flexibility index (Phi) is 5.08. The molecule has 1 aromatic carbocycles. The average molecular weight is 366 g/mol. The third-order valence-corrected chi connectivity index (χ3v) is 5.32. The molecule has 0 radical (unpaired) electrons. The van der Waals surface area contributed by atoms with Crippen LogP contribution < -0.4 is 15.8 Å². The smallest absolute Gasteiger partial charge is 0.229 e. The molecular weight excluding hydrogens is 346 g/mol. The summed E-state index contributed by atoms with van der Waals surface area (Å²) in [5.74, 6) is 1.03. The van der Waals surface area contributed by atoms with Gasteiger partial charge in [0.05, 0.1) is 12.3 Å². The first-order valence-corrected chi connectivity index (χ1v) is 8.85. The van der Waals surface area contributed by atoms with Crippen molar-refractivity contribution in [2.24, 2.45) is 11.7 Å². The lowest BCUT2D eigenvalue weighted by Crippen LogP contribution is -2.23. The minimum Gasteiger partial charge on any atom is -0.493 e. The number of benzene rings is 1. The highest BCUT2D eigenvalue weighted by Crippen LogP contribution is 2.32. The van der Waals surface area contributed by atoms with E-state index in [1.165, 1.54) is 16.9 Å². The summed E-state index contributed by atoms with van der Waals surface area (Å²) in [6.45, 7) is 0.751. The van der Waals surface area contributed by atoms with Crippen molar-refractivity contribution >= 4 is 34.8 Å². The van der Waals surface area contributed by atoms with Crippen molar-refractivity contribution in [2.75, 3.05) is 11.9 Å². The zero-order valence-corrected chi connectivity index (χ0v) is 14.8. The number of carbonyl (C=O) groups is 1. The van der Waals surface area contributed by atoms with Gasteiger partial charge < -0.3 is 15.8 Å². The van der Waals surface area contributed by atoms with E-state index in [-0.39, 0.29) is 30.3 Å². The van der Waals surface area contributed by atoms with E-state index >= 15 is 0 Å². The summed E-state index contributed by atoms with van der Waals surface area (Å²) < 4.78 is 5.53. The molecule has 0 bridgehead atoms. The lowest BCUT2D eigenvalue weighted by Gasteiger charge is -2.08. The zero-order valence-electron chi connectivity index (χ0n) is 13.2. The maximum absolute atomic E-state index is 12.2. The van der Waals surface area contributed by atoms with Gasteiger partial charge in [-0.15, -0.1) is 23.7 Å². The normalized spacial score (nSPS) is 21.7. The van der Waals surface area contributed by atoms with Crippen LogP contribution in [0.5, 0.6) is 5.75 Å². The molecule has 128 valence electrons. The number of ether oxygens (including phenoxy) is 1. The number of anilines is 1. The van der Waals surface area contributed by atoms with Crippen LogP contribution >= 0.6 is 23.7 Å². The number of fused-ring (bicyclic) bond motifs is 1. The number of hydrogen-bond donors (Lipinski definition) is 2. The van der Waals surface area contributed by atoms with Gasteiger partial charge in [0.1, 0.15) is 5.75 Å². The lowest BCUT2D eigenvalue weighted by molar-refractivity contribution is -0.119. The minimum atomic E-state index is 0. The second-order valence-electron chi connectivity index (χ2n) is 6.22. The van der Waals surface area contributed by atoms with E-state index in [9.17, 15) is 4.79 Å². The Labute approximate surface area is 151 Å². The Bertz CT molecular complexity index is 749. The molecule has 4 rings (SSSR count). The van der Waals surface area contributed by atoms with Crippen LogP contribution in [0.25, 0.3) is 11.3 Å². The van der Waals surface area contributed by atoms with Crippen molar-refractivity contribution in [3.8, 4) is 17.0 Å². The van der Waals surface area contributed by atoms with Crippen LogP contribution in [-0.2, 0) is 11.2 Å². The SMILES string of the molecule is Cl.NC1CCC(C(=O)Nc2nc(-c3ccc4c(c3)CCO4)cs2)C1. The summed E-state index contributed by atoms with van der Waals surface area (Å²) in [7, 11) is 0. The second-order valence-corrected chi connectivity index (χ2v) is 7.08. The molecule has 2 aliphatic rings. The molecule has 24 heavy (non-hydrogen) atoms. The van der Waals surface area contributed by atoms with Gasteiger partial charge in [0.15, 0.2) is 5.13 Å². The van der Waals surface area contributed by atoms with E-state index in [2.05, 4.69) is 16.4 Å². The molecule has 1 aromatic heterocycles. The molecule has 2 heterocycles. The van der Waals surface area contributed by atoms with Crippen LogP contribution in [0.1, 0.15) is 24.8 Å². The molecule has 1 aliphatic heterocycles. The van der Waals surface area contributed by atoms with Gasteiger partial charge >= 0.3 is 0 Å². The zero-order chi connectivity index (χ0) is 15.8. The number of rotatable bonds is 3. The van der Waals surface area contributed by atoms with Crippen LogP contribution in [0, 0.1) is 5.92 Å². The second kappa shape index (κ2) is 7.09. The number of aromatic nitrogens is 1. The molecule has 7 heteroatoms. The predicted octanol–water partition coefficient (Wildman–Crippen LogP) is 3.23. The monoisotopic (exact) mass is 365 g/mol. The van der Waals surface area contributed by atoms with Crippen LogP contribution in [-0.4, -0.2) is 23.5 Å². The third kappa shape index (κ3) is 3.41. The fourth-order valence-corrected chi connectivity index (χ4v) is 3.99. The van der Waals surface area contributed by atoms with Gasteiger partial charge in [-0.1, -0.05) is 0 Å². The predicted molar refractivity (Wildman–Crippen MR) is 97.9 cm³/mol. The van der Waals surface area contributed by atoms with Crippen molar-refractivity contribution in [1.82, 2.24) is 4.98 Å². The van der Waals surface area contributed by atoms with Crippen LogP contribution in [0.15, 0.2) is 23.6 Å². The van der Waals surface area contributed by atoms with E-state index in [0.717, 1.165) is 49.3 Å². The first-order chi connectivity index (χ1) is 11.2. The van der Waals surface area contributed by atoms with Gasteiger partial charge in [-0.05, 0) is 43.0 Å². The quantitative estimate of drug-likeness (QED) is 0.875. The number of carbonyl (C=O) groups excluding carboxylic acids is 1. The molecule has 1 saturated carbocycles. The maximum Gasteiger partial charge on any atom is 0.229 e. The molecule has 2 atom stereocenters. The van der Waals surface area contributed by atoms with E-state index in [1.54, 1.807) is 0 Å². The van der Waals surface area contributed by atoms with Gasteiger partial charge in [-0.25, -0.2) is 4.98 Å². The summed E-state index contributed by atoms with van der Waals surface area (Å²) in [4.78, 5) is 16.8. The topological polar surface area (TPSA) is 77.2 Å². The Morgan fingerprint density at radius 2 is 2.25 bits per heavy atom. The molecule has 1 aliphatic carbocycles. The Balaban J connectivity index is 0.00000169. The van der Waals surface area contributed by atoms with E-state index in [0.29, 0.717) is 5.13 Å². The van der Waals surface area contributed by atoms with Crippen molar-refractivity contribution in [1.29, 1.82) is 0 Å². The minimum absolute atomic E-state index is 0. The van der Waals surface area contributed by atoms with Crippen molar-refractivity contribution in [2.45, 2.75) is 31.7 Å². The molecular formula is C17H20ClN3O2S. The van der Waals surface area contributed by atoms with E-state index in [4.69, 9.17) is 10.5 Å². The molecule has 0 spiro atoms. The fourth-order valence-electron chi connectivity index (χ4n) is 3.27. The first kappa shape index (κ1) is 17.2. The van der Waals surface area contributed by atoms with Crippen LogP contribution in [0.3, 0.4) is 0 Å². The largest absolute Gasteiger partial charge is 0.493 e. The van der Waals surface area contributed by atoms with Crippen molar-refractivity contribution < 1.29 is 9.53 Å². The summed E-state index contributed by atoms with van der Waals surface area (Å²) in [6, 6.07) is 6.29. The molecule has 1 fully saturated rings. The number of hydrogen-bond acceptors (Lipinski definition) is 5. The highest BCUT2D eigenvalue weighted by atomic mass is 35.5. The standard InChI is InChI=1S/C17H19N3O2S.ClH/c18-13-3-1-12(8-13)16(21)20-17-19-14(9-23-17)10-2-4-15-11(7-10)5-6-22-15;/h2,4,7,9,12-13H,1,3,5-6,8,18H2,(H,19,20,21);1H. The van der Waals surface area contributed by atoms with Gasteiger partial charge in [0.2, 0.25) is 5.91 Å². The molecule has 1 amide bonds. The number of halogens is 1. The number of amides is 1. The Morgan fingerprint density at radius 1 is 1.38 bits per heavy atom. The highest BCUT2D eigenvalue weighted by Gasteiger charge is 2.28. The van der Waals surface area contributed by atoms with E-state index in [1.807, 2.05) is 17.5 Å². The highest BCUT2D eigenvalue weighted by molar-refractivity contribution is 7.14. The van der Waals surface area contributed by atoms with Gasteiger partial charge in [-0.3, -0.25) is 4.79 Å². The molecule has 3 N–H and O–H groups in total. The number of nitrogens with two attached hydrogens (primary N) is 1. The molecule has 0 saturated heterocycles. The van der Waals surface area contributed by atoms with Gasteiger partial charge in [-0.2, -0.15) is 0 Å². The summed E-state index contributed by atoms with van der Waals surface area (Å²) >= 11 is 1.46. The Hall–Kier alpha value is -1.63. The van der Waals surface area contributed by atoms with Gasteiger partial charge in [0.25, 0.3) is 0 Å². The summed E-state index contributed by atoms with van der Waals surface area (Å²) in [5.41, 5.74) is 9.06. The average Bonchev–Trinajstić information content (AvgIpc) is 3.26.